The standard InChI is InChI=1S/C20H48O5Si3/c1-9-12-15-18-26(7,21-4)24-28(23-6,20-17-14-11-3)25-27(8,22-5)19-16-13-10-2/h9-20H2,1-8H3. The van der Waals surface area contributed by atoms with Gasteiger partial charge in [-0.25, -0.2) is 0 Å². The molecule has 0 aliphatic carbocycles. The number of hydrogen-bond acceptors (Lipinski definition) is 5. The molecule has 2 atom stereocenters. The van der Waals surface area contributed by atoms with Crippen LogP contribution in [0.3, 0.4) is 0 Å². The molecule has 0 rings (SSSR count). The molecule has 0 aliphatic heterocycles. The van der Waals surface area contributed by atoms with Crippen LogP contribution in [0.15, 0.2) is 0 Å². The van der Waals surface area contributed by atoms with Crippen molar-refractivity contribution in [3.63, 3.8) is 0 Å². The Labute approximate surface area is 178 Å². The van der Waals surface area contributed by atoms with Crippen molar-refractivity contribution in [1.29, 1.82) is 0 Å². The van der Waals surface area contributed by atoms with E-state index in [1.165, 1.54) is 32.1 Å². The zero-order valence-corrected chi connectivity index (χ0v) is 23.0. The predicted molar refractivity (Wildman–Crippen MR) is 125 cm³/mol. The first kappa shape index (κ1) is 28.5. The van der Waals surface area contributed by atoms with E-state index >= 15 is 0 Å². The van der Waals surface area contributed by atoms with E-state index in [9.17, 15) is 0 Å². The molecule has 0 aliphatic rings. The second kappa shape index (κ2) is 15.3. The van der Waals surface area contributed by atoms with Gasteiger partial charge in [-0.1, -0.05) is 72.1 Å². The second-order valence-corrected chi connectivity index (χ2v) is 18.4. The molecule has 170 valence electrons. The van der Waals surface area contributed by atoms with Gasteiger partial charge >= 0.3 is 25.9 Å². The van der Waals surface area contributed by atoms with Crippen LogP contribution in [0.2, 0.25) is 31.2 Å². The Balaban J connectivity index is 5.46. The Morgan fingerprint density at radius 2 is 0.857 bits per heavy atom. The quantitative estimate of drug-likeness (QED) is 0.163. The van der Waals surface area contributed by atoms with Crippen LogP contribution in [0.4, 0.5) is 0 Å². The number of hydrogen-bond donors (Lipinski definition) is 0. The van der Waals surface area contributed by atoms with Crippen LogP contribution < -0.4 is 0 Å². The number of unbranched alkanes of at least 4 members (excludes halogenated alkanes) is 6. The summed E-state index contributed by atoms with van der Waals surface area (Å²) in [6.45, 7) is 11.0. The largest absolute Gasteiger partial charge is 0.482 e. The van der Waals surface area contributed by atoms with Gasteiger partial charge in [-0.3, -0.25) is 0 Å². The minimum absolute atomic E-state index is 0.844. The van der Waals surface area contributed by atoms with Gasteiger partial charge in [-0.05, 0) is 31.6 Å². The molecule has 0 saturated heterocycles. The minimum Gasteiger partial charge on any atom is -0.398 e. The number of rotatable bonds is 19. The van der Waals surface area contributed by atoms with Gasteiger partial charge in [-0.15, -0.1) is 0 Å². The fourth-order valence-electron chi connectivity index (χ4n) is 3.34. The molecule has 5 nitrogen and oxygen atoms in total. The van der Waals surface area contributed by atoms with Crippen LogP contribution in [0, 0.1) is 0 Å². The van der Waals surface area contributed by atoms with E-state index in [0.717, 1.165) is 43.8 Å². The third kappa shape index (κ3) is 11.0. The lowest BCUT2D eigenvalue weighted by molar-refractivity contribution is 0.145. The van der Waals surface area contributed by atoms with Crippen LogP contribution in [-0.2, 0) is 21.5 Å². The van der Waals surface area contributed by atoms with Crippen molar-refractivity contribution in [2.45, 2.75) is 110 Å². The Bertz CT molecular complexity index is 363. The van der Waals surface area contributed by atoms with Crippen molar-refractivity contribution < 1.29 is 21.5 Å². The van der Waals surface area contributed by atoms with E-state index in [1.807, 2.05) is 0 Å². The van der Waals surface area contributed by atoms with Crippen molar-refractivity contribution in [1.82, 2.24) is 0 Å². The third-order valence-electron chi connectivity index (χ3n) is 5.47. The van der Waals surface area contributed by atoms with Crippen molar-refractivity contribution in [2.24, 2.45) is 0 Å². The van der Waals surface area contributed by atoms with Gasteiger partial charge in [-0.2, -0.15) is 0 Å². The SMILES string of the molecule is CCCCC[Si](C)(OC)O[Si](CCCCC)(OC)O[Si](C)(CCCCC)OC. The molecular formula is C20H48O5Si3. The molecule has 0 amide bonds. The molecule has 28 heavy (non-hydrogen) atoms. The van der Waals surface area contributed by atoms with Crippen molar-refractivity contribution >= 4 is 25.9 Å². The Kier molecular flexibility index (Phi) is 15.5. The highest BCUT2D eigenvalue weighted by molar-refractivity contribution is 6.83. The van der Waals surface area contributed by atoms with Crippen LogP contribution in [-0.4, -0.2) is 47.3 Å². The Morgan fingerprint density at radius 3 is 1.14 bits per heavy atom. The molecule has 0 N–H and O–H groups in total. The first-order chi connectivity index (χ1) is 13.3. The fourth-order valence-corrected chi connectivity index (χ4v) is 15.2. The highest BCUT2D eigenvalue weighted by Gasteiger charge is 2.52. The van der Waals surface area contributed by atoms with E-state index in [0.29, 0.717) is 0 Å². The molecule has 8 heteroatoms. The van der Waals surface area contributed by atoms with Crippen LogP contribution >= 0.6 is 0 Å². The molecule has 2 unspecified atom stereocenters. The van der Waals surface area contributed by atoms with Crippen LogP contribution in [0.1, 0.15) is 78.6 Å². The fraction of sp³-hybridized carbons (Fsp3) is 1.00. The molecule has 0 aromatic carbocycles. The van der Waals surface area contributed by atoms with E-state index in [1.54, 1.807) is 21.3 Å². The summed E-state index contributed by atoms with van der Waals surface area (Å²) >= 11 is 0. The van der Waals surface area contributed by atoms with Crippen LogP contribution in [0.25, 0.3) is 0 Å². The average molecular weight is 453 g/mol. The summed E-state index contributed by atoms with van der Waals surface area (Å²) in [6, 6.07) is 2.80. The molecule has 0 heterocycles. The van der Waals surface area contributed by atoms with Gasteiger partial charge in [0, 0.05) is 27.4 Å². The van der Waals surface area contributed by atoms with E-state index in [4.69, 9.17) is 21.5 Å². The van der Waals surface area contributed by atoms with Gasteiger partial charge in [0.1, 0.15) is 0 Å². The molecular weight excluding hydrogens is 404 g/mol. The van der Waals surface area contributed by atoms with Gasteiger partial charge in [0.2, 0.25) is 0 Å². The minimum atomic E-state index is -2.87. The molecule has 0 aromatic rings. The predicted octanol–water partition coefficient (Wildman–Crippen LogP) is 6.61. The molecule has 0 saturated carbocycles. The highest BCUT2D eigenvalue weighted by atomic mass is 28.5. The topological polar surface area (TPSA) is 46.2 Å². The second-order valence-electron chi connectivity index (χ2n) is 8.14. The third-order valence-corrected chi connectivity index (χ3v) is 17.3. The molecule has 0 aromatic heterocycles. The van der Waals surface area contributed by atoms with Gasteiger partial charge in [0.05, 0.1) is 0 Å². The normalized spacial score (nSPS) is 18.4. The summed E-state index contributed by atoms with van der Waals surface area (Å²) in [7, 11) is -2.24. The monoisotopic (exact) mass is 452 g/mol. The lowest BCUT2D eigenvalue weighted by Crippen LogP contribution is -2.60. The van der Waals surface area contributed by atoms with E-state index < -0.39 is 25.9 Å². The van der Waals surface area contributed by atoms with Crippen molar-refractivity contribution in [3.8, 4) is 0 Å². The smallest absolute Gasteiger partial charge is 0.398 e. The lowest BCUT2D eigenvalue weighted by Gasteiger charge is -2.41. The van der Waals surface area contributed by atoms with E-state index in [-0.39, 0.29) is 0 Å². The zero-order valence-electron chi connectivity index (χ0n) is 20.0. The summed E-state index contributed by atoms with van der Waals surface area (Å²) in [5, 5.41) is 0. The Hall–Kier alpha value is 0.451. The summed E-state index contributed by atoms with van der Waals surface area (Å²) in [4.78, 5) is 0. The average Bonchev–Trinajstić information content (AvgIpc) is 2.68. The lowest BCUT2D eigenvalue weighted by atomic mass is 10.3. The van der Waals surface area contributed by atoms with E-state index in [2.05, 4.69) is 33.9 Å². The molecule has 0 fully saturated rings. The first-order valence-corrected chi connectivity index (χ1v) is 18.3. The molecule has 0 radical (unpaired) electrons. The maximum Gasteiger partial charge on any atom is 0.482 e. The van der Waals surface area contributed by atoms with Crippen molar-refractivity contribution in [2.75, 3.05) is 21.3 Å². The maximum absolute atomic E-state index is 6.79. The molecule has 0 spiro atoms. The van der Waals surface area contributed by atoms with Gasteiger partial charge < -0.3 is 21.5 Å². The van der Waals surface area contributed by atoms with Gasteiger partial charge in [0.25, 0.3) is 0 Å². The summed E-state index contributed by atoms with van der Waals surface area (Å²) in [5.74, 6) is 0. The highest BCUT2D eigenvalue weighted by Crippen LogP contribution is 2.32. The van der Waals surface area contributed by atoms with Crippen molar-refractivity contribution in [3.05, 3.63) is 0 Å². The summed E-state index contributed by atoms with van der Waals surface area (Å²) in [6.07, 6.45) is 10.4. The van der Waals surface area contributed by atoms with Crippen LogP contribution in [0.5, 0.6) is 0 Å². The molecule has 0 bridgehead atoms. The zero-order chi connectivity index (χ0) is 21.5. The van der Waals surface area contributed by atoms with Gasteiger partial charge in [0.15, 0.2) is 0 Å². The first-order valence-electron chi connectivity index (χ1n) is 11.3. The summed E-state index contributed by atoms with van der Waals surface area (Å²) in [5.41, 5.74) is 0. The Morgan fingerprint density at radius 1 is 0.500 bits per heavy atom. The summed E-state index contributed by atoms with van der Waals surface area (Å²) < 4.78 is 31.6. The maximum atomic E-state index is 6.79.